The van der Waals surface area contributed by atoms with Crippen molar-refractivity contribution in [3.63, 3.8) is 0 Å². The number of benzene rings is 1. The van der Waals surface area contributed by atoms with Crippen molar-refractivity contribution < 1.29 is 14.3 Å². The number of hydrogen-bond donors (Lipinski definition) is 1. The Morgan fingerprint density at radius 1 is 1.24 bits per heavy atom. The van der Waals surface area contributed by atoms with Crippen molar-refractivity contribution in [3.05, 3.63) is 50.9 Å². The predicted molar refractivity (Wildman–Crippen MR) is 129 cm³/mol. The SMILES string of the molecule is CCCCn1c(=O)[nH]c(=O)c2c1nc(COC(=O)C1CC(=O)N(c3ccc(SC)cc3)C1)n2C. The first-order valence-electron chi connectivity index (χ1n) is 11.1. The van der Waals surface area contributed by atoms with Gasteiger partial charge in [0, 0.05) is 37.1 Å². The molecule has 1 saturated heterocycles. The van der Waals surface area contributed by atoms with E-state index in [0.29, 0.717) is 12.4 Å². The minimum atomic E-state index is -0.589. The van der Waals surface area contributed by atoms with Gasteiger partial charge in [0.1, 0.15) is 12.4 Å². The number of unbranched alkanes of at least 4 members (excludes halogenated alkanes) is 1. The molecule has 1 aliphatic heterocycles. The van der Waals surface area contributed by atoms with Crippen LogP contribution in [0, 0.1) is 5.92 Å². The van der Waals surface area contributed by atoms with Gasteiger partial charge in [-0.2, -0.15) is 0 Å². The summed E-state index contributed by atoms with van der Waals surface area (Å²) in [5.74, 6) is -0.874. The summed E-state index contributed by atoms with van der Waals surface area (Å²) in [6.45, 7) is 2.51. The van der Waals surface area contributed by atoms with Gasteiger partial charge in [-0.05, 0) is 36.9 Å². The van der Waals surface area contributed by atoms with E-state index in [1.807, 2.05) is 37.4 Å². The molecule has 1 fully saturated rings. The van der Waals surface area contributed by atoms with Gasteiger partial charge in [0.15, 0.2) is 11.2 Å². The van der Waals surface area contributed by atoms with E-state index in [0.717, 1.165) is 23.4 Å². The lowest BCUT2D eigenvalue weighted by molar-refractivity contribution is -0.150. The summed E-state index contributed by atoms with van der Waals surface area (Å²) in [6.07, 6.45) is 3.69. The fraction of sp³-hybridized carbons (Fsp3) is 0.435. The number of carbonyl (C=O) groups excluding carboxylic acids is 2. The van der Waals surface area contributed by atoms with Crippen molar-refractivity contribution >= 4 is 40.5 Å². The zero-order chi connectivity index (χ0) is 24.4. The van der Waals surface area contributed by atoms with E-state index < -0.39 is 23.1 Å². The third-order valence-corrected chi connectivity index (χ3v) is 6.77. The van der Waals surface area contributed by atoms with Crippen LogP contribution < -0.4 is 16.1 Å². The molecule has 0 saturated carbocycles. The Hall–Kier alpha value is -3.34. The average molecular weight is 486 g/mol. The Morgan fingerprint density at radius 3 is 2.65 bits per heavy atom. The molecule has 3 heterocycles. The highest BCUT2D eigenvalue weighted by Crippen LogP contribution is 2.28. The average Bonchev–Trinajstić information content (AvgIpc) is 3.37. The first kappa shape index (κ1) is 23.8. The molecule has 1 unspecified atom stereocenters. The molecule has 0 aliphatic carbocycles. The molecular formula is C23H27N5O5S. The highest BCUT2D eigenvalue weighted by Gasteiger charge is 2.36. The number of ether oxygens (including phenoxy) is 1. The maximum absolute atomic E-state index is 12.7. The number of carbonyl (C=O) groups is 2. The number of rotatable bonds is 8. The Morgan fingerprint density at radius 2 is 1.97 bits per heavy atom. The molecule has 0 spiro atoms. The van der Waals surface area contributed by atoms with Crippen molar-refractivity contribution in [2.75, 3.05) is 17.7 Å². The fourth-order valence-corrected chi connectivity index (χ4v) is 4.48. The number of thioether (sulfide) groups is 1. The van der Waals surface area contributed by atoms with Crippen LogP contribution in [-0.2, 0) is 34.5 Å². The highest BCUT2D eigenvalue weighted by atomic mass is 32.2. The van der Waals surface area contributed by atoms with E-state index in [1.165, 1.54) is 9.13 Å². The number of aryl methyl sites for hydroxylation is 2. The molecule has 1 N–H and O–H groups in total. The van der Waals surface area contributed by atoms with Crippen molar-refractivity contribution in [1.29, 1.82) is 0 Å². The molecule has 1 amide bonds. The van der Waals surface area contributed by atoms with Crippen LogP contribution in [0.15, 0.2) is 38.8 Å². The molecule has 2 aromatic heterocycles. The molecule has 1 atom stereocenters. The Labute approximate surface area is 199 Å². The van der Waals surface area contributed by atoms with E-state index in [9.17, 15) is 19.2 Å². The molecule has 10 nitrogen and oxygen atoms in total. The summed E-state index contributed by atoms with van der Waals surface area (Å²) < 4.78 is 8.44. The van der Waals surface area contributed by atoms with Crippen molar-refractivity contribution in [2.45, 2.75) is 44.2 Å². The molecule has 0 radical (unpaired) electrons. The zero-order valence-electron chi connectivity index (χ0n) is 19.4. The third-order valence-electron chi connectivity index (χ3n) is 6.03. The molecule has 180 valence electrons. The van der Waals surface area contributed by atoms with Crippen LogP contribution in [0.5, 0.6) is 0 Å². The number of fused-ring (bicyclic) bond motifs is 1. The molecule has 1 aliphatic rings. The van der Waals surface area contributed by atoms with Crippen LogP contribution in [0.4, 0.5) is 5.69 Å². The number of hydrogen-bond acceptors (Lipinski definition) is 7. The fourth-order valence-electron chi connectivity index (χ4n) is 4.07. The summed E-state index contributed by atoms with van der Waals surface area (Å²) in [5.41, 5.74) is 0.217. The van der Waals surface area contributed by atoms with E-state index in [1.54, 1.807) is 23.7 Å². The van der Waals surface area contributed by atoms with Gasteiger partial charge in [0.2, 0.25) is 5.91 Å². The molecule has 1 aromatic carbocycles. The quantitative estimate of drug-likeness (QED) is 0.383. The lowest BCUT2D eigenvalue weighted by Crippen LogP contribution is -2.31. The Kier molecular flexibility index (Phi) is 6.92. The highest BCUT2D eigenvalue weighted by molar-refractivity contribution is 7.98. The van der Waals surface area contributed by atoms with Gasteiger partial charge in [-0.25, -0.2) is 9.78 Å². The standard InChI is InChI=1S/C23H27N5O5S/c1-4-5-10-27-20-19(21(30)25-23(27)32)26(2)17(24-20)13-33-22(31)14-11-18(29)28(12-14)15-6-8-16(34-3)9-7-15/h6-9,14H,4-5,10-13H2,1-3H3,(H,25,30,32). The normalized spacial score (nSPS) is 15.9. The van der Waals surface area contributed by atoms with Crippen LogP contribution >= 0.6 is 11.8 Å². The molecule has 3 aromatic rings. The maximum Gasteiger partial charge on any atom is 0.330 e. The van der Waals surface area contributed by atoms with Gasteiger partial charge in [-0.15, -0.1) is 11.8 Å². The number of H-pyrrole nitrogens is 1. The number of aromatic nitrogens is 4. The lowest BCUT2D eigenvalue weighted by Gasteiger charge is -2.16. The summed E-state index contributed by atoms with van der Waals surface area (Å²) in [4.78, 5) is 59.3. The minimum Gasteiger partial charge on any atom is -0.457 e. The summed E-state index contributed by atoms with van der Waals surface area (Å²) in [7, 11) is 1.64. The number of esters is 1. The monoisotopic (exact) mass is 485 g/mol. The first-order valence-corrected chi connectivity index (χ1v) is 12.4. The summed E-state index contributed by atoms with van der Waals surface area (Å²) in [5, 5.41) is 0. The van der Waals surface area contributed by atoms with Crippen LogP contribution in [-0.4, -0.2) is 43.8 Å². The molecule has 0 bridgehead atoms. The number of nitrogens with one attached hydrogen (secondary N) is 1. The molecular weight excluding hydrogens is 458 g/mol. The number of aromatic amines is 1. The van der Waals surface area contributed by atoms with Crippen molar-refractivity contribution in [3.8, 4) is 0 Å². The number of amides is 1. The minimum absolute atomic E-state index is 0.0713. The van der Waals surface area contributed by atoms with Crippen LogP contribution in [0.1, 0.15) is 32.0 Å². The first-order chi connectivity index (χ1) is 16.3. The lowest BCUT2D eigenvalue weighted by atomic mass is 10.1. The van der Waals surface area contributed by atoms with Gasteiger partial charge in [-0.1, -0.05) is 13.3 Å². The molecule has 11 heteroatoms. The van der Waals surface area contributed by atoms with E-state index in [-0.39, 0.29) is 36.6 Å². The maximum atomic E-state index is 12.7. The van der Waals surface area contributed by atoms with Gasteiger partial charge < -0.3 is 14.2 Å². The van der Waals surface area contributed by atoms with E-state index >= 15 is 0 Å². The second kappa shape index (κ2) is 9.88. The largest absolute Gasteiger partial charge is 0.457 e. The number of imidazole rings is 1. The van der Waals surface area contributed by atoms with Gasteiger partial charge in [0.05, 0.1) is 5.92 Å². The van der Waals surface area contributed by atoms with E-state index in [4.69, 9.17) is 4.74 Å². The second-order valence-corrected chi connectivity index (χ2v) is 9.11. The smallest absolute Gasteiger partial charge is 0.330 e. The Balaban J connectivity index is 1.48. The van der Waals surface area contributed by atoms with E-state index in [2.05, 4.69) is 9.97 Å². The Bertz CT molecular complexity index is 1340. The molecule has 4 rings (SSSR count). The second-order valence-electron chi connectivity index (χ2n) is 8.23. The van der Waals surface area contributed by atoms with Gasteiger partial charge in [-0.3, -0.25) is 23.9 Å². The van der Waals surface area contributed by atoms with Crippen LogP contribution in [0.2, 0.25) is 0 Å². The van der Waals surface area contributed by atoms with Crippen molar-refractivity contribution in [2.24, 2.45) is 13.0 Å². The summed E-state index contributed by atoms with van der Waals surface area (Å²) >= 11 is 1.61. The topological polar surface area (TPSA) is 119 Å². The van der Waals surface area contributed by atoms with Crippen LogP contribution in [0.3, 0.4) is 0 Å². The summed E-state index contributed by atoms with van der Waals surface area (Å²) in [6, 6.07) is 7.61. The van der Waals surface area contributed by atoms with Gasteiger partial charge >= 0.3 is 11.7 Å². The predicted octanol–water partition coefficient (Wildman–Crippen LogP) is 2.04. The van der Waals surface area contributed by atoms with Gasteiger partial charge in [0.25, 0.3) is 5.56 Å². The molecule has 34 heavy (non-hydrogen) atoms. The van der Waals surface area contributed by atoms with Crippen molar-refractivity contribution in [1.82, 2.24) is 19.1 Å². The van der Waals surface area contributed by atoms with Crippen LogP contribution in [0.25, 0.3) is 11.2 Å². The number of nitrogens with zero attached hydrogens (tertiary/aromatic N) is 4. The number of anilines is 1. The third kappa shape index (κ3) is 4.52. The zero-order valence-corrected chi connectivity index (χ0v) is 20.2.